The number of anilines is 1. The van der Waals surface area contributed by atoms with Crippen LogP contribution in [0.4, 0.5) is 5.69 Å². The summed E-state index contributed by atoms with van der Waals surface area (Å²) >= 11 is 1.51. The Balaban J connectivity index is 1.76. The zero-order valence-corrected chi connectivity index (χ0v) is 13.6. The second kappa shape index (κ2) is 6.95. The molecule has 2 heterocycles. The highest BCUT2D eigenvalue weighted by atomic mass is 32.1. The first-order chi connectivity index (χ1) is 11.1. The summed E-state index contributed by atoms with van der Waals surface area (Å²) in [5.41, 5.74) is 6.08. The summed E-state index contributed by atoms with van der Waals surface area (Å²) in [7, 11) is 0. The van der Waals surface area contributed by atoms with Crippen LogP contribution in [0.5, 0.6) is 0 Å². The Morgan fingerprint density at radius 2 is 2.17 bits per heavy atom. The van der Waals surface area contributed by atoms with Gasteiger partial charge >= 0.3 is 0 Å². The van der Waals surface area contributed by atoms with Crippen molar-refractivity contribution in [3.8, 4) is 10.6 Å². The Bertz CT molecular complexity index is 733. The molecule has 0 aromatic carbocycles. The van der Waals surface area contributed by atoms with Crippen molar-refractivity contribution in [1.82, 2.24) is 15.1 Å². The van der Waals surface area contributed by atoms with E-state index in [4.69, 9.17) is 5.73 Å². The van der Waals surface area contributed by atoms with Gasteiger partial charge in [-0.25, -0.2) is 4.68 Å². The van der Waals surface area contributed by atoms with Gasteiger partial charge in [-0.2, -0.15) is 5.10 Å². The first-order valence-corrected chi connectivity index (χ1v) is 8.72. The van der Waals surface area contributed by atoms with Crippen molar-refractivity contribution >= 4 is 22.9 Å². The molecule has 1 aliphatic rings. The molecule has 2 aromatic heterocycles. The number of nitrogens with two attached hydrogens (primary N) is 1. The summed E-state index contributed by atoms with van der Waals surface area (Å²) in [6, 6.07) is 5.58. The van der Waals surface area contributed by atoms with Gasteiger partial charge in [-0.1, -0.05) is 25.3 Å². The molecule has 0 spiro atoms. The normalized spacial score (nSPS) is 15.5. The molecule has 0 radical (unpaired) electrons. The van der Waals surface area contributed by atoms with Crippen LogP contribution in [-0.4, -0.2) is 21.7 Å². The maximum atomic E-state index is 12.2. The van der Waals surface area contributed by atoms with E-state index in [9.17, 15) is 9.59 Å². The molecule has 0 bridgehead atoms. The number of rotatable bonds is 4. The quantitative estimate of drug-likeness (QED) is 0.896. The van der Waals surface area contributed by atoms with Crippen LogP contribution in [-0.2, 0) is 11.3 Å². The van der Waals surface area contributed by atoms with E-state index < -0.39 is 5.56 Å². The average Bonchev–Trinajstić information content (AvgIpc) is 3.07. The minimum Gasteiger partial charge on any atom is -0.394 e. The molecule has 1 fully saturated rings. The molecule has 3 rings (SSSR count). The molecule has 0 atom stereocenters. The van der Waals surface area contributed by atoms with Gasteiger partial charge < -0.3 is 11.1 Å². The third-order valence-electron chi connectivity index (χ3n) is 4.04. The van der Waals surface area contributed by atoms with Crippen molar-refractivity contribution in [2.75, 3.05) is 5.73 Å². The standard InChI is InChI=1S/C16H20N4O2S/c17-12-9-13(14-7-4-8-23-14)19-20(16(12)22)10-15(21)18-11-5-2-1-3-6-11/h4,7-9,11H,1-3,5-6,10,17H2,(H,18,21). The van der Waals surface area contributed by atoms with Crippen LogP contribution in [0.1, 0.15) is 32.1 Å². The lowest BCUT2D eigenvalue weighted by molar-refractivity contribution is -0.122. The molecule has 23 heavy (non-hydrogen) atoms. The molecule has 1 aliphatic carbocycles. The van der Waals surface area contributed by atoms with E-state index in [1.165, 1.54) is 17.8 Å². The molecule has 0 saturated heterocycles. The Kier molecular flexibility index (Phi) is 4.76. The van der Waals surface area contributed by atoms with Crippen LogP contribution in [0.15, 0.2) is 28.4 Å². The van der Waals surface area contributed by atoms with Crippen LogP contribution >= 0.6 is 11.3 Å². The summed E-state index contributed by atoms with van der Waals surface area (Å²) in [5, 5.41) is 9.20. The third kappa shape index (κ3) is 3.79. The van der Waals surface area contributed by atoms with Gasteiger partial charge in [-0.3, -0.25) is 9.59 Å². The molecule has 7 heteroatoms. The largest absolute Gasteiger partial charge is 0.394 e. The van der Waals surface area contributed by atoms with Crippen LogP contribution < -0.4 is 16.6 Å². The molecule has 3 N–H and O–H groups in total. The smallest absolute Gasteiger partial charge is 0.290 e. The lowest BCUT2D eigenvalue weighted by Crippen LogP contribution is -2.40. The van der Waals surface area contributed by atoms with E-state index in [-0.39, 0.29) is 24.2 Å². The van der Waals surface area contributed by atoms with Gasteiger partial charge in [0.1, 0.15) is 17.9 Å². The molecule has 1 saturated carbocycles. The summed E-state index contributed by atoms with van der Waals surface area (Å²) in [5.74, 6) is -0.186. The number of carbonyl (C=O) groups excluding carboxylic acids is 1. The van der Waals surface area contributed by atoms with Gasteiger partial charge in [0.15, 0.2) is 0 Å². The molecule has 0 unspecified atom stereocenters. The monoisotopic (exact) mass is 332 g/mol. The van der Waals surface area contributed by atoms with Crippen LogP contribution in [0, 0.1) is 0 Å². The number of hydrogen-bond donors (Lipinski definition) is 2. The summed E-state index contributed by atoms with van der Waals surface area (Å²) < 4.78 is 1.16. The van der Waals surface area contributed by atoms with Crippen molar-refractivity contribution in [2.45, 2.75) is 44.7 Å². The zero-order chi connectivity index (χ0) is 16.2. The van der Waals surface area contributed by atoms with Gasteiger partial charge in [0.05, 0.1) is 4.88 Å². The Labute approximate surface area is 138 Å². The highest BCUT2D eigenvalue weighted by Crippen LogP contribution is 2.22. The first kappa shape index (κ1) is 15.7. The van der Waals surface area contributed by atoms with Crippen molar-refractivity contribution in [2.24, 2.45) is 0 Å². The Hall–Kier alpha value is -2.15. The molecule has 6 nitrogen and oxygen atoms in total. The third-order valence-corrected chi connectivity index (χ3v) is 4.93. The minimum atomic E-state index is -0.427. The number of nitrogens with one attached hydrogen (secondary N) is 1. The maximum absolute atomic E-state index is 12.2. The number of carbonyl (C=O) groups is 1. The molecular formula is C16H20N4O2S. The predicted molar refractivity (Wildman–Crippen MR) is 91.2 cm³/mol. The van der Waals surface area contributed by atoms with Crippen molar-refractivity contribution < 1.29 is 4.79 Å². The fraction of sp³-hybridized carbons (Fsp3) is 0.438. The molecule has 1 amide bonds. The van der Waals surface area contributed by atoms with E-state index in [0.29, 0.717) is 5.69 Å². The first-order valence-electron chi connectivity index (χ1n) is 7.84. The van der Waals surface area contributed by atoms with Crippen LogP contribution in [0.2, 0.25) is 0 Å². The highest BCUT2D eigenvalue weighted by molar-refractivity contribution is 7.13. The van der Waals surface area contributed by atoms with Crippen LogP contribution in [0.3, 0.4) is 0 Å². The van der Waals surface area contributed by atoms with E-state index >= 15 is 0 Å². The van der Waals surface area contributed by atoms with Gasteiger partial charge in [-0.05, 0) is 30.4 Å². The van der Waals surface area contributed by atoms with E-state index in [1.807, 2.05) is 17.5 Å². The molecular weight excluding hydrogens is 312 g/mol. The number of nitrogens with zero attached hydrogens (tertiary/aromatic N) is 2. The van der Waals surface area contributed by atoms with Crippen molar-refractivity contribution in [3.63, 3.8) is 0 Å². The number of amides is 1. The fourth-order valence-corrected chi connectivity index (χ4v) is 3.55. The number of hydrogen-bond acceptors (Lipinski definition) is 5. The van der Waals surface area contributed by atoms with E-state index in [2.05, 4.69) is 10.4 Å². The predicted octanol–water partition coefficient (Wildman–Crippen LogP) is 2.00. The highest BCUT2D eigenvalue weighted by Gasteiger charge is 2.17. The van der Waals surface area contributed by atoms with Gasteiger partial charge in [0, 0.05) is 6.04 Å². The van der Waals surface area contributed by atoms with Gasteiger partial charge in [-0.15, -0.1) is 11.3 Å². The second-order valence-corrected chi connectivity index (χ2v) is 6.78. The Morgan fingerprint density at radius 1 is 1.39 bits per heavy atom. The summed E-state index contributed by atoms with van der Waals surface area (Å²) in [4.78, 5) is 25.2. The zero-order valence-electron chi connectivity index (χ0n) is 12.8. The lowest BCUT2D eigenvalue weighted by atomic mass is 9.95. The van der Waals surface area contributed by atoms with Crippen molar-refractivity contribution in [3.05, 3.63) is 33.9 Å². The van der Waals surface area contributed by atoms with Gasteiger partial charge in [0.25, 0.3) is 5.56 Å². The number of nitrogen functional groups attached to an aromatic ring is 1. The summed E-state index contributed by atoms with van der Waals surface area (Å²) in [6.45, 7) is -0.0985. The number of thiophene rings is 1. The van der Waals surface area contributed by atoms with Gasteiger partial charge in [0.2, 0.25) is 5.91 Å². The van der Waals surface area contributed by atoms with Crippen molar-refractivity contribution in [1.29, 1.82) is 0 Å². The Morgan fingerprint density at radius 3 is 2.87 bits per heavy atom. The van der Waals surface area contributed by atoms with E-state index in [0.717, 1.165) is 35.2 Å². The molecule has 0 aliphatic heterocycles. The number of aromatic nitrogens is 2. The minimum absolute atomic E-state index is 0.0985. The second-order valence-electron chi connectivity index (χ2n) is 5.83. The fourth-order valence-electron chi connectivity index (χ4n) is 2.87. The lowest BCUT2D eigenvalue weighted by Gasteiger charge is -2.22. The molecule has 2 aromatic rings. The van der Waals surface area contributed by atoms with Crippen LogP contribution in [0.25, 0.3) is 10.6 Å². The average molecular weight is 332 g/mol. The topological polar surface area (TPSA) is 90.0 Å². The van der Waals surface area contributed by atoms with E-state index in [1.54, 1.807) is 6.07 Å². The SMILES string of the molecule is Nc1cc(-c2cccs2)nn(CC(=O)NC2CCCCC2)c1=O. The molecule has 122 valence electrons. The maximum Gasteiger partial charge on any atom is 0.290 e. The summed E-state index contributed by atoms with van der Waals surface area (Å²) in [6.07, 6.45) is 5.53.